The molecular weight excluding hydrogens is 180 g/mol. The van der Waals surface area contributed by atoms with E-state index in [2.05, 4.69) is 0 Å². The number of ether oxygens (including phenoxy) is 2. The van der Waals surface area contributed by atoms with Crippen LogP contribution in [0.5, 0.6) is 0 Å². The van der Waals surface area contributed by atoms with E-state index in [4.69, 9.17) is 9.47 Å². The average Bonchev–Trinajstić information content (AvgIpc) is 2.44. The zero-order valence-corrected chi connectivity index (χ0v) is 8.61. The van der Waals surface area contributed by atoms with Crippen LogP contribution in [-0.4, -0.2) is 12.3 Å². The molecule has 0 saturated carbocycles. The topological polar surface area (TPSA) is 35.5 Å². The highest BCUT2D eigenvalue weighted by Gasteiger charge is 2.22. The monoisotopic (exact) mass is 194 g/mol. The fraction of sp³-hybridized carbons (Fsp3) is 0.364. The van der Waals surface area contributed by atoms with E-state index in [0.717, 1.165) is 5.57 Å². The number of allylic oxidation sites excluding steroid dienone is 3. The highest BCUT2D eigenvalue weighted by Crippen LogP contribution is 2.14. The van der Waals surface area contributed by atoms with Gasteiger partial charge in [-0.1, -0.05) is 12.2 Å². The molecule has 0 aromatic heterocycles. The first-order valence-corrected chi connectivity index (χ1v) is 4.48. The van der Waals surface area contributed by atoms with E-state index in [-0.39, 0.29) is 5.97 Å². The molecular formula is C11H14O3. The summed E-state index contributed by atoms with van der Waals surface area (Å²) in [6.45, 7) is 5.54. The van der Waals surface area contributed by atoms with Crippen molar-refractivity contribution in [1.82, 2.24) is 0 Å². The lowest BCUT2D eigenvalue weighted by Crippen LogP contribution is -2.09. The van der Waals surface area contributed by atoms with Crippen LogP contribution in [-0.2, 0) is 14.3 Å². The summed E-state index contributed by atoms with van der Waals surface area (Å²) < 4.78 is 10.1. The Morgan fingerprint density at radius 2 is 2.36 bits per heavy atom. The number of hydrogen-bond acceptors (Lipinski definition) is 3. The molecule has 1 aliphatic heterocycles. The van der Waals surface area contributed by atoms with Gasteiger partial charge in [-0.25, -0.2) is 4.79 Å². The average molecular weight is 194 g/mol. The number of carbonyl (C=O) groups excluding carboxylic acids is 1. The summed E-state index contributed by atoms with van der Waals surface area (Å²) in [6, 6.07) is 0. The Hall–Kier alpha value is -1.51. The second-order valence-corrected chi connectivity index (χ2v) is 3.12. The number of hydrogen-bond donors (Lipinski definition) is 0. The Labute approximate surface area is 83.7 Å². The molecule has 0 bridgehead atoms. The minimum atomic E-state index is -0.567. The first-order chi connectivity index (χ1) is 6.63. The van der Waals surface area contributed by atoms with Crippen LogP contribution in [0.4, 0.5) is 0 Å². The third-order valence-corrected chi connectivity index (χ3v) is 1.75. The van der Waals surface area contributed by atoms with Crippen LogP contribution in [0.3, 0.4) is 0 Å². The zero-order chi connectivity index (χ0) is 10.6. The van der Waals surface area contributed by atoms with Crippen LogP contribution < -0.4 is 0 Å². The molecule has 3 heteroatoms. The standard InChI is InChI=1S/C11H14O3/c1-4-5-8(2)7-13-10-6-9(3)11(12)14-10/h4-7,10H,1-3H3. The Kier molecular flexibility index (Phi) is 3.51. The Balaban J connectivity index is 2.48. The first kappa shape index (κ1) is 10.6. The van der Waals surface area contributed by atoms with Crippen molar-refractivity contribution in [1.29, 1.82) is 0 Å². The Morgan fingerprint density at radius 1 is 1.64 bits per heavy atom. The summed E-state index contributed by atoms with van der Waals surface area (Å²) in [5.74, 6) is -0.313. The van der Waals surface area contributed by atoms with Crippen LogP contribution in [0.2, 0.25) is 0 Å². The summed E-state index contributed by atoms with van der Waals surface area (Å²) in [5, 5.41) is 0. The summed E-state index contributed by atoms with van der Waals surface area (Å²) in [7, 11) is 0. The summed E-state index contributed by atoms with van der Waals surface area (Å²) in [4.78, 5) is 10.9. The van der Waals surface area contributed by atoms with Gasteiger partial charge in [-0.15, -0.1) is 0 Å². The van der Waals surface area contributed by atoms with E-state index >= 15 is 0 Å². The molecule has 0 aliphatic carbocycles. The van der Waals surface area contributed by atoms with E-state index in [1.165, 1.54) is 0 Å². The van der Waals surface area contributed by atoms with Crippen molar-refractivity contribution < 1.29 is 14.3 Å². The van der Waals surface area contributed by atoms with Gasteiger partial charge in [-0.3, -0.25) is 0 Å². The predicted molar refractivity (Wildman–Crippen MR) is 53.3 cm³/mol. The van der Waals surface area contributed by atoms with Gasteiger partial charge in [0.05, 0.1) is 6.26 Å². The van der Waals surface area contributed by atoms with Crippen LogP contribution in [0, 0.1) is 0 Å². The number of esters is 1. The van der Waals surface area contributed by atoms with Crippen LogP contribution in [0.1, 0.15) is 20.8 Å². The lowest BCUT2D eigenvalue weighted by atomic mass is 10.3. The maximum Gasteiger partial charge on any atom is 0.336 e. The smallest absolute Gasteiger partial charge is 0.336 e. The van der Waals surface area contributed by atoms with Crippen molar-refractivity contribution in [2.75, 3.05) is 0 Å². The van der Waals surface area contributed by atoms with Gasteiger partial charge in [0, 0.05) is 11.6 Å². The molecule has 1 rings (SSSR count). The van der Waals surface area contributed by atoms with Crippen molar-refractivity contribution in [3.63, 3.8) is 0 Å². The maximum absolute atomic E-state index is 10.9. The fourth-order valence-electron chi connectivity index (χ4n) is 1.05. The van der Waals surface area contributed by atoms with E-state index < -0.39 is 6.29 Å². The summed E-state index contributed by atoms with van der Waals surface area (Å²) >= 11 is 0. The van der Waals surface area contributed by atoms with Gasteiger partial charge in [-0.2, -0.15) is 0 Å². The predicted octanol–water partition coefficient (Wildman–Crippen LogP) is 2.31. The molecule has 14 heavy (non-hydrogen) atoms. The van der Waals surface area contributed by atoms with Crippen molar-refractivity contribution in [3.05, 3.63) is 35.6 Å². The zero-order valence-electron chi connectivity index (χ0n) is 8.61. The highest BCUT2D eigenvalue weighted by atomic mass is 16.7. The van der Waals surface area contributed by atoms with E-state index in [1.807, 2.05) is 26.0 Å². The molecule has 0 radical (unpaired) electrons. The molecule has 0 amide bonds. The number of cyclic esters (lactones) is 1. The van der Waals surface area contributed by atoms with Crippen LogP contribution >= 0.6 is 0 Å². The molecule has 76 valence electrons. The van der Waals surface area contributed by atoms with Crippen molar-refractivity contribution in [3.8, 4) is 0 Å². The maximum atomic E-state index is 10.9. The lowest BCUT2D eigenvalue weighted by Gasteiger charge is -2.07. The number of carbonyl (C=O) groups is 1. The van der Waals surface area contributed by atoms with Crippen molar-refractivity contribution in [2.24, 2.45) is 0 Å². The molecule has 0 saturated heterocycles. The largest absolute Gasteiger partial charge is 0.458 e. The molecule has 0 spiro atoms. The molecule has 0 aromatic carbocycles. The first-order valence-electron chi connectivity index (χ1n) is 4.48. The van der Waals surface area contributed by atoms with Crippen LogP contribution in [0.15, 0.2) is 35.6 Å². The normalized spacial score (nSPS) is 22.5. The Morgan fingerprint density at radius 3 is 2.86 bits per heavy atom. The Bertz CT molecular complexity index is 310. The molecule has 1 aliphatic rings. The highest BCUT2D eigenvalue weighted by molar-refractivity contribution is 5.89. The van der Waals surface area contributed by atoms with Gasteiger partial charge in [0.1, 0.15) is 0 Å². The quantitative estimate of drug-likeness (QED) is 0.393. The van der Waals surface area contributed by atoms with E-state index in [0.29, 0.717) is 5.57 Å². The van der Waals surface area contributed by atoms with Gasteiger partial charge >= 0.3 is 5.97 Å². The third kappa shape index (κ3) is 2.76. The minimum absolute atomic E-state index is 0.313. The molecule has 0 N–H and O–H groups in total. The molecule has 3 nitrogen and oxygen atoms in total. The molecule has 1 atom stereocenters. The lowest BCUT2D eigenvalue weighted by molar-refractivity contribution is -0.152. The number of rotatable bonds is 3. The van der Waals surface area contributed by atoms with E-state index in [9.17, 15) is 4.79 Å². The third-order valence-electron chi connectivity index (χ3n) is 1.75. The fourth-order valence-corrected chi connectivity index (χ4v) is 1.05. The van der Waals surface area contributed by atoms with Gasteiger partial charge in [0.15, 0.2) is 0 Å². The summed E-state index contributed by atoms with van der Waals surface area (Å²) in [5.41, 5.74) is 1.56. The molecule has 0 aromatic rings. The second-order valence-electron chi connectivity index (χ2n) is 3.12. The van der Waals surface area contributed by atoms with Gasteiger partial charge < -0.3 is 9.47 Å². The minimum Gasteiger partial charge on any atom is -0.458 e. The second kappa shape index (κ2) is 4.65. The molecule has 1 heterocycles. The molecule has 0 fully saturated rings. The van der Waals surface area contributed by atoms with E-state index in [1.54, 1.807) is 19.3 Å². The van der Waals surface area contributed by atoms with Gasteiger partial charge in [0.25, 0.3) is 6.29 Å². The van der Waals surface area contributed by atoms with Gasteiger partial charge in [-0.05, 0) is 26.3 Å². The van der Waals surface area contributed by atoms with Gasteiger partial charge in [0.2, 0.25) is 0 Å². The SMILES string of the molecule is CC=CC(C)=COC1C=C(C)C(=O)O1. The van der Waals surface area contributed by atoms with Crippen molar-refractivity contribution >= 4 is 5.97 Å². The van der Waals surface area contributed by atoms with Crippen LogP contribution in [0.25, 0.3) is 0 Å². The molecule has 1 unspecified atom stereocenters. The van der Waals surface area contributed by atoms with Crippen molar-refractivity contribution in [2.45, 2.75) is 27.1 Å². The summed E-state index contributed by atoms with van der Waals surface area (Å²) in [6.07, 6.45) is 6.49.